The number of rotatable bonds is 8. The van der Waals surface area contributed by atoms with Gasteiger partial charge in [0.1, 0.15) is 5.82 Å². The zero-order valence-corrected chi connectivity index (χ0v) is 17.3. The van der Waals surface area contributed by atoms with Crippen molar-refractivity contribution in [3.05, 3.63) is 59.9 Å². The van der Waals surface area contributed by atoms with Crippen molar-refractivity contribution in [3.63, 3.8) is 0 Å². The minimum atomic E-state index is -3.67. The summed E-state index contributed by atoms with van der Waals surface area (Å²) in [4.78, 5) is 13.1. The molecule has 0 aromatic heterocycles. The van der Waals surface area contributed by atoms with Crippen molar-refractivity contribution >= 4 is 21.6 Å². The summed E-state index contributed by atoms with van der Waals surface area (Å²) >= 11 is 0. The van der Waals surface area contributed by atoms with Gasteiger partial charge in [0.15, 0.2) is 0 Å². The second-order valence-corrected chi connectivity index (χ2v) is 9.11. The molecule has 1 aliphatic carbocycles. The maximum atomic E-state index is 13.2. The van der Waals surface area contributed by atoms with Gasteiger partial charge in [-0.2, -0.15) is 0 Å². The van der Waals surface area contributed by atoms with E-state index >= 15 is 0 Å². The summed E-state index contributed by atoms with van der Waals surface area (Å²) in [5, 5.41) is 2.87. The van der Waals surface area contributed by atoms with Crippen molar-refractivity contribution < 1.29 is 22.3 Å². The lowest BCUT2D eigenvalue weighted by Gasteiger charge is -2.40. The summed E-state index contributed by atoms with van der Waals surface area (Å²) in [6.07, 6.45) is 2.31. The molecule has 1 aliphatic rings. The van der Waals surface area contributed by atoms with Gasteiger partial charge in [0, 0.05) is 18.8 Å². The Bertz CT molecular complexity index is 955. The van der Waals surface area contributed by atoms with Crippen LogP contribution in [0.3, 0.4) is 0 Å². The topological polar surface area (TPSA) is 84.5 Å². The quantitative estimate of drug-likeness (QED) is 0.687. The minimum Gasteiger partial charge on any atom is -0.383 e. The number of sulfonamides is 1. The Morgan fingerprint density at radius 3 is 2.28 bits per heavy atom. The van der Waals surface area contributed by atoms with E-state index in [2.05, 4.69) is 10.0 Å². The molecule has 2 N–H and O–H groups in total. The Morgan fingerprint density at radius 2 is 1.76 bits per heavy atom. The summed E-state index contributed by atoms with van der Waals surface area (Å²) in [5.74, 6) is -0.508. The highest BCUT2D eigenvalue weighted by atomic mass is 32.2. The van der Waals surface area contributed by atoms with Gasteiger partial charge in [-0.05, 0) is 61.7 Å². The van der Waals surface area contributed by atoms with Crippen molar-refractivity contribution in [2.75, 3.05) is 19.0 Å². The first kappa shape index (κ1) is 21.4. The number of nitrogens with one attached hydrogen (secondary N) is 2. The highest BCUT2D eigenvalue weighted by Gasteiger charge is 2.45. The minimum absolute atomic E-state index is 0.107. The van der Waals surface area contributed by atoms with Crippen LogP contribution in [0.4, 0.5) is 10.1 Å². The zero-order chi connectivity index (χ0) is 21.1. The van der Waals surface area contributed by atoms with Gasteiger partial charge in [-0.25, -0.2) is 17.5 Å². The lowest BCUT2D eigenvalue weighted by molar-refractivity contribution is -0.124. The summed E-state index contributed by atoms with van der Waals surface area (Å²) in [6.45, 7) is 1.97. The molecule has 2 aromatic carbocycles. The zero-order valence-electron chi connectivity index (χ0n) is 16.4. The van der Waals surface area contributed by atoms with Gasteiger partial charge in [-0.15, -0.1) is 0 Å². The van der Waals surface area contributed by atoms with Crippen LogP contribution in [0.1, 0.15) is 31.7 Å². The maximum Gasteiger partial charge on any atom is 0.240 e. The largest absolute Gasteiger partial charge is 0.383 e. The number of halogens is 1. The third-order valence-corrected chi connectivity index (χ3v) is 6.84. The van der Waals surface area contributed by atoms with Crippen LogP contribution in [0.25, 0.3) is 0 Å². The molecule has 1 atom stereocenters. The molecule has 0 saturated heterocycles. The van der Waals surface area contributed by atoms with E-state index in [1.54, 1.807) is 31.2 Å². The van der Waals surface area contributed by atoms with Crippen LogP contribution in [-0.4, -0.2) is 34.1 Å². The van der Waals surface area contributed by atoms with E-state index in [0.29, 0.717) is 18.5 Å². The number of carbonyl (C=O) groups excluding carboxylic acids is 1. The lowest BCUT2D eigenvalue weighted by atomic mass is 9.64. The second kappa shape index (κ2) is 8.61. The van der Waals surface area contributed by atoms with Crippen LogP contribution in [0.2, 0.25) is 0 Å². The van der Waals surface area contributed by atoms with Gasteiger partial charge in [0.25, 0.3) is 0 Å². The van der Waals surface area contributed by atoms with Gasteiger partial charge in [-0.3, -0.25) is 4.79 Å². The van der Waals surface area contributed by atoms with Gasteiger partial charge in [-0.1, -0.05) is 18.6 Å². The molecule has 29 heavy (non-hydrogen) atoms. The molecule has 0 heterocycles. The van der Waals surface area contributed by atoms with E-state index in [9.17, 15) is 17.6 Å². The van der Waals surface area contributed by atoms with E-state index in [-0.39, 0.29) is 29.3 Å². The van der Waals surface area contributed by atoms with Crippen molar-refractivity contribution in [2.45, 2.75) is 42.5 Å². The third kappa shape index (κ3) is 4.66. The van der Waals surface area contributed by atoms with Crippen molar-refractivity contribution in [3.8, 4) is 0 Å². The van der Waals surface area contributed by atoms with Crippen molar-refractivity contribution in [1.29, 1.82) is 0 Å². The number of hydrogen-bond donors (Lipinski definition) is 2. The molecule has 2 aromatic rings. The Hall–Kier alpha value is -2.29. The van der Waals surface area contributed by atoms with Crippen molar-refractivity contribution in [1.82, 2.24) is 4.72 Å². The first-order valence-electron chi connectivity index (χ1n) is 9.46. The van der Waals surface area contributed by atoms with Crippen LogP contribution in [0.5, 0.6) is 0 Å². The standard InChI is InChI=1S/C21H25FN2O4S/c1-15(14-28-2)24-29(26,27)19-10-8-18(9-11-19)23-20(25)21(12-3-13-21)16-4-6-17(22)7-5-16/h4-11,15,24H,3,12-14H2,1-2H3,(H,23,25). The van der Waals surface area contributed by atoms with E-state index in [1.807, 2.05) is 0 Å². The lowest BCUT2D eigenvalue weighted by Crippen LogP contribution is -2.46. The fourth-order valence-corrected chi connectivity index (χ4v) is 4.76. The molecule has 3 rings (SSSR count). The fourth-order valence-electron chi connectivity index (χ4n) is 3.53. The third-order valence-electron chi connectivity index (χ3n) is 5.23. The van der Waals surface area contributed by atoms with E-state index in [4.69, 9.17) is 4.74 Å². The average Bonchev–Trinajstić information content (AvgIpc) is 2.62. The number of ether oxygens (including phenoxy) is 1. The highest BCUT2D eigenvalue weighted by molar-refractivity contribution is 7.89. The molecular weight excluding hydrogens is 395 g/mol. The van der Waals surface area contributed by atoms with Crippen LogP contribution < -0.4 is 10.0 Å². The molecule has 1 amide bonds. The second-order valence-electron chi connectivity index (χ2n) is 7.40. The van der Waals surface area contributed by atoms with Gasteiger partial charge in [0.2, 0.25) is 15.9 Å². The number of amides is 1. The summed E-state index contributed by atoms with van der Waals surface area (Å²) < 4.78 is 45.5. The predicted octanol–water partition coefficient (Wildman–Crippen LogP) is 3.20. The monoisotopic (exact) mass is 420 g/mol. The molecule has 6 nitrogen and oxygen atoms in total. The first-order valence-corrected chi connectivity index (χ1v) is 10.9. The summed E-state index contributed by atoms with van der Waals surface area (Å²) in [7, 11) is -2.17. The molecular formula is C21H25FN2O4S. The van der Waals surface area contributed by atoms with E-state index in [1.165, 1.54) is 31.4 Å². The number of methoxy groups -OCH3 is 1. The van der Waals surface area contributed by atoms with Crippen LogP contribution >= 0.6 is 0 Å². The predicted molar refractivity (Wildman–Crippen MR) is 109 cm³/mol. The average molecular weight is 421 g/mol. The first-order chi connectivity index (χ1) is 13.8. The molecule has 1 saturated carbocycles. The molecule has 1 fully saturated rings. The van der Waals surface area contributed by atoms with Crippen molar-refractivity contribution in [2.24, 2.45) is 0 Å². The van der Waals surface area contributed by atoms with E-state index < -0.39 is 15.4 Å². The number of carbonyl (C=O) groups is 1. The maximum absolute atomic E-state index is 13.2. The molecule has 156 valence electrons. The Morgan fingerprint density at radius 1 is 1.14 bits per heavy atom. The smallest absolute Gasteiger partial charge is 0.240 e. The van der Waals surface area contributed by atoms with Gasteiger partial charge >= 0.3 is 0 Å². The summed E-state index contributed by atoms with van der Waals surface area (Å²) in [5.41, 5.74) is 0.626. The van der Waals surface area contributed by atoms with Gasteiger partial charge < -0.3 is 10.1 Å². The number of hydrogen-bond acceptors (Lipinski definition) is 4. The van der Waals surface area contributed by atoms with Crippen LogP contribution in [0, 0.1) is 5.82 Å². The van der Waals surface area contributed by atoms with E-state index in [0.717, 1.165) is 12.0 Å². The van der Waals surface area contributed by atoms with Crippen LogP contribution in [-0.2, 0) is 25.0 Å². The molecule has 0 radical (unpaired) electrons. The number of anilines is 1. The molecule has 0 bridgehead atoms. The molecule has 1 unspecified atom stereocenters. The normalized spacial score (nSPS) is 16.7. The number of benzene rings is 2. The Labute approximate surface area is 170 Å². The van der Waals surface area contributed by atoms with Crippen LogP contribution in [0.15, 0.2) is 53.4 Å². The molecule has 0 aliphatic heterocycles. The Kier molecular flexibility index (Phi) is 6.36. The molecule has 0 spiro atoms. The summed E-state index contributed by atoms with van der Waals surface area (Å²) in [6, 6.07) is 11.7. The SMILES string of the molecule is COCC(C)NS(=O)(=O)c1ccc(NC(=O)C2(c3ccc(F)cc3)CCC2)cc1. The Balaban J connectivity index is 1.72. The van der Waals surface area contributed by atoms with Gasteiger partial charge in [0.05, 0.1) is 16.9 Å². The fraction of sp³-hybridized carbons (Fsp3) is 0.381. The molecule has 8 heteroatoms. The highest BCUT2D eigenvalue weighted by Crippen LogP contribution is 2.44.